The second-order valence-electron chi connectivity index (χ2n) is 7.14. The van der Waals surface area contributed by atoms with E-state index in [9.17, 15) is 4.79 Å². The van der Waals surface area contributed by atoms with Crippen LogP contribution in [0.1, 0.15) is 45.4 Å². The number of furan rings is 1. The van der Waals surface area contributed by atoms with Crippen molar-refractivity contribution in [2.45, 2.75) is 32.7 Å². The number of fused-ring (bicyclic) bond motifs is 1. The summed E-state index contributed by atoms with van der Waals surface area (Å²) in [4.78, 5) is 16.6. The molecule has 1 fully saturated rings. The number of benzene rings is 1. The summed E-state index contributed by atoms with van der Waals surface area (Å²) in [5.41, 5.74) is 2.48. The summed E-state index contributed by atoms with van der Waals surface area (Å²) in [7, 11) is 0. The minimum absolute atomic E-state index is 0.168. The van der Waals surface area contributed by atoms with Crippen LogP contribution in [0.15, 0.2) is 34.1 Å². The first kappa shape index (κ1) is 18.5. The molecule has 1 unspecified atom stereocenters. The molecule has 4 rings (SSSR count). The van der Waals surface area contributed by atoms with Gasteiger partial charge < -0.3 is 9.73 Å². The first-order valence-corrected chi connectivity index (χ1v) is 10.5. The third-order valence-electron chi connectivity index (χ3n) is 5.33. The molecule has 1 N–H and O–H groups in total. The molecule has 3 heterocycles. The number of hydrogen-bond donors (Lipinski definition) is 1. The second kappa shape index (κ2) is 7.66. The molecule has 1 aliphatic rings. The third-order valence-corrected chi connectivity index (χ3v) is 6.71. The van der Waals surface area contributed by atoms with Crippen molar-refractivity contribution in [3.05, 3.63) is 56.4 Å². The zero-order valence-electron chi connectivity index (χ0n) is 15.5. The van der Waals surface area contributed by atoms with Crippen molar-refractivity contribution >= 4 is 39.8 Å². The number of thiophene rings is 1. The van der Waals surface area contributed by atoms with Gasteiger partial charge in [0.1, 0.15) is 5.58 Å². The topological polar surface area (TPSA) is 45.5 Å². The molecule has 142 valence electrons. The lowest BCUT2D eigenvalue weighted by atomic mass is 10.1. The number of rotatable bonds is 5. The Morgan fingerprint density at radius 1 is 1.33 bits per heavy atom. The van der Waals surface area contributed by atoms with Gasteiger partial charge in [-0.2, -0.15) is 0 Å². The molecule has 4 nitrogen and oxygen atoms in total. The lowest BCUT2D eigenvalue weighted by Gasteiger charge is -2.26. The Morgan fingerprint density at radius 2 is 2.11 bits per heavy atom. The van der Waals surface area contributed by atoms with E-state index >= 15 is 0 Å². The van der Waals surface area contributed by atoms with Gasteiger partial charge in [0.05, 0.1) is 6.04 Å². The van der Waals surface area contributed by atoms with Crippen molar-refractivity contribution in [2.75, 3.05) is 19.6 Å². The highest BCUT2D eigenvalue weighted by molar-refractivity contribution is 7.10. The smallest absolute Gasteiger partial charge is 0.287 e. The number of aryl methyl sites for hydroxylation is 2. The maximum absolute atomic E-state index is 12.8. The SMILES string of the molecule is Cc1cc2oc(C(=O)NCC(c3cccs3)N3CCCC3)c(C)c2cc1Cl. The molecule has 6 heteroatoms. The van der Waals surface area contributed by atoms with Crippen LogP contribution in [0.5, 0.6) is 0 Å². The van der Waals surface area contributed by atoms with Gasteiger partial charge in [-0.15, -0.1) is 11.3 Å². The van der Waals surface area contributed by atoms with E-state index in [4.69, 9.17) is 16.0 Å². The minimum Gasteiger partial charge on any atom is -0.451 e. The van der Waals surface area contributed by atoms with Crippen molar-refractivity contribution in [3.63, 3.8) is 0 Å². The quantitative estimate of drug-likeness (QED) is 0.627. The average Bonchev–Trinajstić information content (AvgIpc) is 3.39. The van der Waals surface area contributed by atoms with E-state index in [0.29, 0.717) is 22.9 Å². The Bertz CT molecular complexity index is 958. The van der Waals surface area contributed by atoms with Gasteiger partial charge in [0.2, 0.25) is 0 Å². The zero-order chi connectivity index (χ0) is 19.0. The van der Waals surface area contributed by atoms with E-state index < -0.39 is 0 Å². The van der Waals surface area contributed by atoms with E-state index in [1.807, 2.05) is 26.0 Å². The zero-order valence-corrected chi connectivity index (χ0v) is 17.1. The van der Waals surface area contributed by atoms with Gasteiger partial charge in [-0.3, -0.25) is 9.69 Å². The van der Waals surface area contributed by atoms with Crippen LogP contribution in [0, 0.1) is 13.8 Å². The minimum atomic E-state index is -0.168. The lowest BCUT2D eigenvalue weighted by molar-refractivity contribution is 0.0912. The predicted molar refractivity (Wildman–Crippen MR) is 111 cm³/mol. The Labute approximate surface area is 168 Å². The molecule has 1 aromatic carbocycles. The Balaban J connectivity index is 1.54. The summed E-state index contributed by atoms with van der Waals surface area (Å²) in [6, 6.07) is 8.20. The van der Waals surface area contributed by atoms with Gasteiger partial charge >= 0.3 is 0 Å². The van der Waals surface area contributed by atoms with Crippen LogP contribution in [0.25, 0.3) is 11.0 Å². The maximum atomic E-state index is 12.8. The second-order valence-corrected chi connectivity index (χ2v) is 8.52. The van der Waals surface area contributed by atoms with E-state index in [2.05, 4.69) is 27.7 Å². The number of nitrogens with one attached hydrogen (secondary N) is 1. The van der Waals surface area contributed by atoms with Crippen molar-refractivity contribution in [3.8, 4) is 0 Å². The summed E-state index contributed by atoms with van der Waals surface area (Å²) >= 11 is 7.98. The molecule has 0 bridgehead atoms. The standard InChI is InChI=1S/C21H23ClN2O2S/c1-13-10-18-15(11-16(13)22)14(2)20(26-18)21(25)23-12-17(19-6-5-9-27-19)24-7-3-4-8-24/h5-6,9-11,17H,3-4,7-8,12H2,1-2H3,(H,23,25). The summed E-state index contributed by atoms with van der Waals surface area (Å²) < 4.78 is 5.86. The van der Waals surface area contributed by atoms with Crippen LogP contribution in [0.2, 0.25) is 5.02 Å². The molecule has 0 radical (unpaired) electrons. The molecule has 0 spiro atoms. The number of nitrogens with zero attached hydrogens (tertiary/aromatic N) is 1. The van der Waals surface area contributed by atoms with Gasteiger partial charge in [-0.05, 0) is 68.9 Å². The monoisotopic (exact) mass is 402 g/mol. The summed E-state index contributed by atoms with van der Waals surface area (Å²) in [6.07, 6.45) is 2.44. The van der Waals surface area contributed by atoms with Crippen LogP contribution >= 0.6 is 22.9 Å². The Kier molecular flexibility index (Phi) is 5.26. The molecule has 1 amide bonds. The fourth-order valence-electron chi connectivity index (χ4n) is 3.77. The van der Waals surface area contributed by atoms with Crippen molar-refractivity contribution in [1.82, 2.24) is 10.2 Å². The first-order chi connectivity index (χ1) is 13.0. The van der Waals surface area contributed by atoms with Gasteiger partial charge in [-0.1, -0.05) is 17.7 Å². The van der Waals surface area contributed by atoms with Crippen LogP contribution in [-0.2, 0) is 0 Å². The van der Waals surface area contributed by atoms with E-state index in [1.54, 1.807) is 11.3 Å². The largest absolute Gasteiger partial charge is 0.451 e. The highest BCUT2D eigenvalue weighted by atomic mass is 35.5. The predicted octanol–water partition coefficient (Wildman–Crippen LogP) is 5.33. The highest BCUT2D eigenvalue weighted by Gasteiger charge is 2.26. The summed E-state index contributed by atoms with van der Waals surface area (Å²) in [6.45, 7) is 6.58. The van der Waals surface area contributed by atoms with Gasteiger partial charge in [0, 0.05) is 27.4 Å². The van der Waals surface area contributed by atoms with Crippen molar-refractivity contribution < 1.29 is 9.21 Å². The number of carbonyl (C=O) groups is 1. The van der Waals surface area contributed by atoms with Crippen molar-refractivity contribution in [2.24, 2.45) is 0 Å². The molecular weight excluding hydrogens is 380 g/mol. The van der Waals surface area contributed by atoms with Crippen LogP contribution < -0.4 is 5.32 Å². The molecule has 1 atom stereocenters. The molecule has 2 aromatic heterocycles. The molecule has 0 saturated carbocycles. The molecule has 3 aromatic rings. The normalized spacial score (nSPS) is 16.1. The maximum Gasteiger partial charge on any atom is 0.287 e. The van der Waals surface area contributed by atoms with Crippen LogP contribution in [0.3, 0.4) is 0 Å². The lowest BCUT2D eigenvalue weighted by Crippen LogP contribution is -2.36. The van der Waals surface area contributed by atoms with Crippen molar-refractivity contribution in [1.29, 1.82) is 0 Å². The number of amides is 1. The first-order valence-electron chi connectivity index (χ1n) is 9.29. The molecule has 27 heavy (non-hydrogen) atoms. The van der Waals surface area contributed by atoms with E-state index in [0.717, 1.165) is 29.6 Å². The van der Waals surface area contributed by atoms with Crippen LogP contribution in [0.4, 0.5) is 0 Å². The number of halogens is 1. The molecule has 1 aliphatic heterocycles. The summed E-state index contributed by atoms with van der Waals surface area (Å²) in [5, 5.41) is 6.77. The summed E-state index contributed by atoms with van der Waals surface area (Å²) in [5.74, 6) is 0.205. The van der Waals surface area contributed by atoms with E-state index in [-0.39, 0.29) is 11.9 Å². The molecule has 0 aliphatic carbocycles. The number of likely N-dealkylation sites (tertiary alicyclic amines) is 1. The fourth-order valence-corrected chi connectivity index (χ4v) is 4.80. The third kappa shape index (κ3) is 3.64. The van der Waals surface area contributed by atoms with Crippen LogP contribution in [-0.4, -0.2) is 30.4 Å². The Hall–Kier alpha value is -1.82. The van der Waals surface area contributed by atoms with Gasteiger partial charge in [0.15, 0.2) is 5.76 Å². The molecular formula is C21H23ClN2O2S. The van der Waals surface area contributed by atoms with Gasteiger partial charge in [0.25, 0.3) is 5.91 Å². The Morgan fingerprint density at radius 3 is 2.81 bits per heavy atom. The highest BCUT2D eigenvalue weighted by Crippen LogP contribution is 2.31. The molecule has 1 saturated heterocycles. The van der Waals surface area contributed by atoms with E-state index in [1.165, 1.54) is 17.7 Å². The average molecular weight is 403 g/mol. The number of hydrogen-bond acceptors (Lipinski definition) is 4. The van der Waals surface area contributed by atoms with Gasteiger partial charge in [-0.25, -0.2) is 0 Å². The fraction of sp³-hybridized carbons (Fsp3) is 0.381. The number of carbonyl (C=O) groups excluding carboxylic acids is 1.